The van der Waals surface area contributed by atoms with Crippen LogP contribution >= 0.6 is 0 Å². The molecule has 2 heterocycles. The number of piperidine rings is 1. The van der Waals surface area contributed by atoms with Gasteiger partial charge in [-0.1, -0.05) is 44.9 Å². The number of sulfone groups is 1. The van der Waals surface area contributed by atoms with Crippen molar-refractivity contribution in [2.24, 2.45) is 11.7 Å². The Labute approximate surface area is 198 Å². The third-order valence-electron chi connectivity index (χ3n) is 7.55. The molecule has 8 heteroatoms. The van der Waals surface area contributed by atoms with Crippen LogP contribution in [0, 0.1) is 5.92 Å². The van der Waals surface area contributed by atoms with Gasteiger partial charge in [-0.05, 0) is 49.1 Å². The molecule has 0 spiro atoms. The number of nitrogens with zero attached hydrogens (tertiary/aromatic N) is 2. The first-order chi connectivity index (χ1) is 15.6. The summed E-state index contributed by atoms with van der Waals surface area (Å²) in [6.45, 7) is 6.15. The molecule has 7 nitrogen and oxygen atoms in total. The van der Waals surface area contributed by atoms with E-state index < -0.39 is 15.6 Å². The van der Waals surface area contributed by atoms with E-state index in [1.165, 1.54) is 0 Å². The van der Waals surface area contributed by atoms with Crippen LogP contribution in [0.3, 0.4) is 0 Å². The second-order valence-corrected chi connectivity index (χ2v) is 12.0. The van der Waals surface area contributed by atoms with Gasteiger partial charge in [-0.15, -0.1) is 0 Å². The summed E-state index contributed by atoms with van der Waals surface area (Å²) in [5.74, 6) is -0.397. The number of hydrogen-bond donors (Lipinski definition) is 1. The van der Waals surface area contributed by atoms with Crippen LogP contribution in [0.2, 0.25) is 0 Å². The molecule has 1 aromatic rings. The molecule has 0 radical (unpaired) electrons. The van der Waals surface area contributed by atoms with E-state index >= 15 is 0 Å². The van der Waals surface area contributed by atoms with E-state index in [4.69, 9.17) is 5.73 Å². The molecule has 0 aliphatic carbocycles. The first-order valence-corrected chi connectivity index (χ1v) is 14.3. The van der Waals surface area contributed by atoms with Crippen LogP contribution < -0.4 is 5.73 Å². The Morgan fingerprint density at radius 1 is 1.12 bits per heavy atom. The highest BCUT2D eigenvalue weighted by atomic mass is 32.2. The van der Waals surface area contributed by atoms with Gasteiger partial charge in [0.15, 0.2) is 9.84 Å². The quantitative estimate of drug-likeness (QED) is 0.528. The highest BCUT2D eigenvalue weighted by Gasteiger charge is 2.41. The van der Waals surface area contributed by atoms with E-state index in [0.717, 1.165) is 56.9 Å². The molecular formula is C25H39N3O4S. The van der Waals surface area contributed by atoms with E-state index in [9.17, 15) is 18.0 Å². The molecule has 0 aromatic heterocycles. The van der Waals surface area contributed by atoms with Gasteiger partial charge in [-0.25, -0.2) is 8.42 Å². The van der Waals surface area contributed by atoms with Crippen molar-refractivity contribution >= 4 is 21.7 Å². The molecule has 3 rings (SSSR count). The van der Waals surface area contributed by atoms with Crippen LogP contribution in [-0.2, 0) is 14.6 Å². The highest BCUT2D eigenvalue weighted by Crippen LogP contribution is 2.43. The lowest BCUT2D eigenvalue weighted by Gasteiger charge is -2.40. The maximum Gasteiger partial charge on any atom is 0.248 e. The van der Waals surface area contributed by atoms with E-state index in [-0.39, 0.29) is 11.8 Å². The fourth-order valence-electron chi connectivity index (χ4n) is 5.70. The van der Waals surface area contributed by atoms with Crippen LogP contribution in [-0.4, -0.2) is 73.8 Å². The minimum Gasteiger partial charge on any atom is -0.366 e. The molecule has 2 saturated heterocycles. The van der Waals surface area contributed by atoms with Gasteiger partial charge in [-0.3, -0.25) is 14.5 Å². The van der Waals surface area contributed by atoms with Crippen molar-refractivity contribution < 1.29 is 18.0 Å². The first-order valence-electron chi connectivity index (χ1n) is 12.2. The Bertz CT molecular complexity index is 931. The van der Waals surface area contributed by atoms with Crippen molar-refractivity contribution in [3.63, 3.8) is 0 Å². The second kappa shape index (κ2) is 11.0. The third kappa shape index (κ3) is 6.57. The van der Waals surface area contributed by atoms with Crippen LogP contribution in [0.4, 0.5) is 0 Å². The van der Waals surface area contributed by atoms with Crippen LogP contribution in [0.15, 0.2) is 24.3 Å². The topological polar surface area (TPSA) is 101 Å². The molecular weight excluding hydrogens is 438 g/mol. The number of carbonyl (C=O) groups is 2. The molecule has 2 fully saturated rings. The SMILES string of the molecule is CCC(CC)CN(CCN1C2CCC1CC(c1ccccc1C(N)=O)C2)C(=O)CS(C)(=O)=O. The standard InChI is InChI=1S/C25H39N3O4S/c1-4-18(5-2)16-27(24(29)17-33(3,31)32)12-13-28-20-10-11-21(28)15-19(14-20)22-8-6-7-9-23(22)25(26)30/h6-9,18-21H,4-5,10-17H2,1-3H3,(H2,26,30). The fraction of sp³-hybridized carbons (Fsp3) is 0.680. The van der Waals surface area contributed by atoms with Gasteiger partial charge in [0.25, 0.3) is 0 Å². The summed E-state index contributed by atoms with van der Waals surface area (Å²) in [4.78, 5) is 29.0. The van der Waals surface area contributed by atoms with Gasteiger partial charge in [-0.2, -0.15) is 0 Å². The average molecular weight is 478 g/mol. The summed E-state index contributed by atoms with van der Waals surface area (Å²) in [5, 5.41) is 0. The number of hydrogen-bond acceptors (Lipinski definition) is 5. The Hall–Kier alpha value is -1.93. The van der Waals surface area contributed by atoms with E-state index in [1.807, 2.05) is 24.3 Å². The van der Waals surface area contributed by atoms with Gasteiger partial charge in [0.2, 0.25) is 11.8 Å². The Kier molecular flexibility index (Phi) is 8.56. The lowest BCUT2D eigenvalue weighted by atomic mass is 9.82. The summed E-state index contributed by atoms with van der Waals surface area (Å²) in [7, 11) is -3.36. The van der Waals surface area contributed by atoms with Crippen molar-refractivity contribution in [2.75, 3.05) is 31.6 Å². The van der Waals surface area contributed by atoms with Gasteiger partial charge in [0.1, 0.15) is 5.75 Å². The summed E-state index contributed by atoms with van der Waals surface area (Å²) in [5.41, 5.74) is 7.30. The maximum atomic E-state index is 12.8. The number of amides is 2. The number of nitrogens with two attached hydrogens (primary N) is 1. The summed E-state index contributed by atoms with van der Waals surface area (Å²) < 4.78 is 23.5. The molecule has 2 amide bonds. The second-order valence-electron chi connectivity index (χ2n) is 9.84. The van der Waals surface area contributed by atoms with E-state index in [1.54, 1.807) is 4.90 Å². The maximum absolute atomic E-state index is 12.8. The van der Waals surface area contributed by atoms with Crippen LogP contribution in [0.25, 0.3) is 0 Å². The van der Waals surface area contributed by atoms with Crippen molar-refractivity contribution in [1.82, 2.24) is 9.80 Å². The largest absolute Gasteiger partial charge is 0.366 e. The van der Waals surface area contributed by atoms with Crippen molar-refractivity contribution in [3.8, 4) is 0 Å². The van der Waals surface area contributed by atoms with Crippen LogP contribution in [0.1, 0.15) is 74.2 Å². The smallest absolute Gasteiger partial charge is 0.248 e. The monoisotopic (exact) mass is 477 g/mol. The highest BCUT2D eigenvalue weighted by molar-refractivity contribution is 7.91. The Morgan fingerprint density at radius 2 is 1.73 bits per heavy atom. The molecule has 2 atom stereocenters. The molecule has 2 bridgehead atoms. The van der Waals surface area contributed by atoms with Gasteiger partial charge >= 0.3 is 0 Å². The van der Waals surface area contributed by atoms with E-state index in [2.05, 4.69) is 18.7 Å². The van der Waals surface area contributed by atoms with Crippen LogP contribution in [0.5, 0.6) is 0 Å². The summed E-state index contributed by atoms with van der Waals surface area (Å²) in [6, 6.07) is 8.49. The normalized spacial score (nSPS) is 23.1. The molecule has 2 aliphatic heterocycles. The summed E-state index contributed by atoms with van der Waals surface area (Å²) in [6.07, 6.45) is 7.24. The number of rotatable bonds is 11. The molecule has 1 aromatic carbocycles. The molecule has 0 saturated carbocycles. The fourth-order valence-corrected chi connectivity index (χ4v) is 6.33. The molecule has 33 heavy (non-hydrogen) atoms. The van der Waals surface area contributed by atoms with Crippen molar-refractivity contribution in [1.29, 1.82) is 0 Å². The molecule has 2 N–H and O–H groups in total. The zero-order valence-corrected chi connectivity index (χ0v) is 21.0. The molecule has 2 aliphatic rings. The molecule has 2 unspecified atom stereocenters. The Morgan fingerprint density at radius 3 is 2.27 bits per heavy atom. The Balaban J connectivity index is 1.68. The van der Waals surface area contributed by atoms with E-state index in [0.29, 0.717) is 42.6 Å². The lowest BCUT2D eigenvalue weighted by molar-refractivity contribution is -0.129. The average Bonchev–Trinajstić information content (AvgIpc) is 2.99. The van der Waals surface area contributed by atoms with Gasteiger partial charge in [0, 0.05) is 43.5 Å². The predicted molar refractivity (Wildman–Crippen MR) is 131 cm³/mol. The first kappa shape index (κ1) is 25.7. The minimum absolute atomic E-state index is 0.290. The summed E-state index contributed by atoms with van der Waals surface area (Å²) >= 11 is 0. The number of primary amides is 1. The van der Waals surface area contributed by atoms with Crippen molar-refractivity contribution in [2.45, 2.75) is 70.4 Å². The lowest BCUT2D eigenvalue weighted by Crippen LogP contribution is -2.48. The zero-order valence-electron chi connectivity index (χ0n) is 20.2. The number of fused-ring (bicyclic) bond motifs is 2. The van der Waals surface area contributed by atoms with Gasteiger partial charge < -0.3 is 10.6 Å². The van der Waals surface area contributed by atoms with Gasteiger partial charge in [0.05, 0.1) is 0 Å². The van der Waals surface area contributed by atoms with Crippen molar-refractivity contribution in [3.05, 3.63) is 35.4 Å². The minimum atomic E-state index is -3.36. The third-order valence-corrected chi connectivity index (χ3v) is 8.32. The number of benzene rings is 1. The predicted octanol–water partition coefficient (Wildman–Crippen LogP) is 2.81. The zero-order chi connectivity index (χ0) is 24.2. The molecule has 184 valence electrons. The number of carbonyl (C=O) groups excluding carboxylic acids is 2.